The predicted molar refractivity (Wildman–Crippen MR) is 88.2 cm³/mol. The highest BCUT2D eigenvalue weighted by Crippen LogP contribution is 2.40. The summed E-state index contributed by atoms with van der Waals surface area (Å²) in [6.45, 7) is 7.23. The maximum atomic E-state index is 5.58. The standard InChI is InChI=1S/C17H25NO.ClH/c1-4-7-14-15(18-12-5-2)11-10-13-8-6-9-16(19-3)17(13)14;/h4,6,8-9,14-15,18H,1,5,7,10-12H2,2-3H3;1H/t14-,15-;/m1./s1. The molecule has 0 saturated heterocycles. The van der Waals surface area contributed by atoms with Gasteiger partial charge in [-0.05, 0) is 43.9 Å². The zero-order valence-corrected chi connectivity index (χ0v) is 13.3. The van der Waals surface area contributed by atoms with Crippen LogP contribution in [0.5, 0.6) is 5.75 Å². The van der Waals surface area contributed by atoms with Crippen molar-refractivity contribution >= 4 is 12.4 Å². The minimum Gasteiger partial charge on any atom is -0.496 e. The Morgan fingerprint density at radius 2 is 2.25 bits per heavy atom. The van der Waals surface area contributed by atoms with E-state index in [-0.39, 0.29) is 12.4 Å². The first-order chi connectivity index (χ1) is 9.31. The molecule has 1 aliphatic carbocycles. The van der Waals surface area contributed by atoms with Crippen molar-refractivity contribution in [1.29, 1.82) is 0 Å². The van der Waals surface area contributed by atoms with Gasteiger partial charge in [-0.2, -0.15) is 0 Å². The fourth-order valence-electron chi connectivity index (χ4n) is 3.16. The Hall–Kier alpha value is -0.990. The third-order valence-electron chi connectivity index (χ3n) is 4.03. The molecule has 1 N–H and O–H groups in total. The number of allylic oxidation sites excluding steroid dienone is 1. The number of fused-ring (bicyclic) bond motifs is 1. The second-order valence-electron chi connectivity index (χ2n) is 5.26. The smallest absolute Gasteiger partial charge is 0.122 e. The quantitative estimate of drug-likeness (QED) is 0.798. The van der Waals surface area contributed by atoms with Gasteiger partial charge in [0.25, 0.3) is 0 Å². The van der Waals surface area contributed by atoms with Gasteiger partial charge in [-0.25, -0.2) is 0 Å². The highest BCUT2D eigenvalue weighted by molar-refractivity contribution is 5.85. The Balaban J connectivity index is 0.00000200. The summed E-state index contributed by atoms with van der Waals surface area (Å²) in [5.41, 5.74) is 2.84. The van der Waals surface area contributed by atoms with Gasteiger partial charge in [-0.3, -0.25) is 0 Å². The van der Waals surface area contributed by atoms with E-state index in [1.165, 1.54) is 24.0 Å². The van der Waals surface area contributed by atoms with E-state index in [0.717, 1.165) is 25.1 Å². The summed E-state index contributed by atoms with van der Waals surface area (Å²) < 4.78 is 5.58. The van der Waals surface area contributed by atoms with Crippen molar-refractivity contribution in [3.8, 4) is 5.75 Å². The zero-order valence-electron chi connectivity index (χ0n) is 12.5. The van der Waals surface area contributed by atoms with Crippen molar-refractivity contribution in [2.45, 2.75) is 44.6 Å². The van der Waals surface area contributed by atoms with Gasteiger partial charge < -0.3 is 10.1 Å². The van der Waals surface area contributed by atoms with Crippen LogP contribution < -0.4 is 10.1 Å². The number of nitrogens with one attached hydrogen (secondary N) is 1. The molecule has 1 aromatic carbocycles. The maximum Gasteiger partial charge on any atom is 0.122 e. The first-order valence-electron chi connectivity index (χ1n) is 7.31. The van der Waals surface area contributed by atoms with Crippen LogP contribution in [0.3, 0.4) is 0 Å². The number of rotatable bonds is 6. The molecule has 20 heavy (non-hydrogen) atoms. The van der Waals surface area contributed by atoms with Crippen LogP contribution in [0, 0.1) is 0 Å². The summed E-state index contributed by atoms with van der Waals surface area (Å²) in [5.74, 6) is 1.52. The normalized spacial score (nSPS) is 20.7. The van der Waals surface area contributed by atoms with Crippen molar-refractivity contribution in [1.82, 2.24) is 5.32 Å². The molecular weight excluding hydrogens is 270 g/mol. The number of methoxy groups -OCH3 is 1. The first-order valence-corrected chi connectivity index (χ1v) is 7.31. The largest absolute Gasteiger partial charge is 0.496 e. The van der Waals surface area contributed by atoms with Crippen molar-refractivity contribution in [2.24, 2.45) is 0 Å². The number of halogens is 1. The van der Waals surface area contributed by atoms with Crippen molar-refractivity contribution < 1.29 is 4.74 Å². The van der Waals surface area contributed by atoms with Crippen LogP contribution >= 0.6 is 12.4 Å². The predicted octanol–water partition coefficient (Wildman–Crippen LogP) is 4.09. The van der Waals surface area contributed by atoms with E-state index in [9.17, 15) is 0 Å². The fourth-order valence-corrected chi connectivity index (χ4v) is 3.16. The number of ether oxygens (including phenoxy) is 1. The molecule has 0 heterocycles. The Kier molecular flexibility index (Phi) is 7.11. The van der Waals surface area contributed by atoms with E-state index in [1.54, 1.807) is 7.11 Å². The molecule has 0 amide bonds. The number of hydrogen-bond acceptors (Lipinski definition) is 2. The summed E-state index contributed by atoms with van der Waals surface area (Å²) in [5, 5.41) is 3.70. The molecule has 0 saturated carbocycles. The lowest BCUT2D eigenvalue weighted by atomic mass is 9.77. The van der Waals surface area contributed by atoms with Gasteiger partial charge in [0, 0.05) is 17.5 Å². The van der Waals surface area contributed by atoms with Gasteiger partial charge >= 0.3 is 0 Å². The van der Waals surface area contributed by atoms with Crippen LogP contribution in [0.4, 0.5) is 0 Å². The van der Waals surface area contributed by atoms with Crippen LogP contribution in [0.1, 0.15) is 43.2 Å². The molecule has 112 valence electrons. The molecule has 2 rings (SSSR count). The molecule has 0 spiro atoms. The average Bonchev–Trinajstić information content (AvgIpc) is 2.45. The van der Waals surface area contributed by atoms with Gasteiger partial charge in [0.2, 0.25) is 0 Å². The molecule has 3 heteroatoms. The van der Waals surface area contributed by atoms with Gasteiger partial charge in [-0.15, -0.1) is 19.0 Å². The highest BCUT2D eigenvalue weighted by Gasteiger charge is 2.30. The lowest BCUT2D eigenvalue weighted by Crippen LogP contribution is -2.38. The second-order valence-corrected chi connectivity index (χ2v) is 5.26. The summed E-state index contributed by atoms with van der Waals surface area (Å²) in [7, 11) is 1.77. The van der Waals surface area contributed by atoms with E-state index in [2.05, 4.69) is 37.0 Å². The lowest BCUT2D eigenvalue weighted by molar-refractivity contribution is 0.359. The Bertz CT molecular complexity index is 419. The van der Waals surface area contributed by atoms with E-state index >= 15 is 0 Å². The summed E-state index contributed by atoms with van der Waals surface area (Å²) in [4.78, 5) is 0. The minimum atomic E-state index is 0. The monoisotopic (exact) mass is 295 g/mol. The number of aryl methyl sites for hydroxylation is 1. The molecule has 0 aromatic heterocycles. The first kappa shape index (κ1) is 17.1. The lowest BCUT2D eigenvalue weighted by Gasteiger charge is -2.35. The molecule has 0 unspecified atom stereocenters. The summed E-state index contributed by atoms with van der Waals surface area (Å²) in [6, 6.07) is 6.96. The maximum absolute atomic E-state index is 5.58. The van der Waals surface area contributed by atoms with E-state index in [0.29, 0.717) is 12.0 Å². The molecule has 2 nitrogen and oxygen atoms in total. The molecule has 0 radical (unpaired) electrons. The molecule has 2 atom stereocenters. The molecule has 0 fully saturated rings. The molecule has 0 bridgehead atoms. The SMILES string of the molecule is C=CC[C@H]1c2c(cccc2OC)CC[C@H]1NCCC.Cl. The van der Waals surface area contributed by atoms with Crippen molar-refractivity contribution in [3.05, 3.63) is 42.0 Å². The second kappa shape index (κ2) is 8.33. The molecule has 1 aromatic rings. The third-order valence-corrected chi connectivity index (χ3v) is 4.03. The topological polar surface area (TPSA) is 21.3 Å². The molecule has 1 aliphatic rings. The van der Waals surface area contributed by atoms with E-state index < -0.39 is 0 Å². The Morgan fingerprint density at radius 3 is 2.90 bits per heavy atom. The Labute approximate surface area is 129 Å². The third kappa shape index (κ3) is 3.56. The van der Waals surface area contributed by atoms with Crippen molar-refractivity contribution in [2.75, 3.05) is 13.7 Å². The highest BCUT2D eigenvalue weighted by atomic mass is 35.5. The molecule has 0 aliphatic heterocycles. The van der Waals surface area contributed by atoms with Crippen LogP contribution in [-0.4, -0.2) is 19.7 Å². The molecular formula is C17H26ClNO. The van der Waals surface area contributed by atoms with Gasteiger partial charge in [0.05, 0.1) is 7.11 Å². The zero-order chi connectivity index (χ0) is 13.7. The van der Waals surface area contributed by atoms with E-state index in [4.69, 9.17) is 4.74 Å². The van der Waals surface area contributed by atoms with Crippen molar-refractivity contribution in [3.63, 3.8) is 0 Å². The minimum absolute atomic E-state index is 0. The summed E-state index contributed by atoms with van der Waals surface area (Å²) >= 11 is 0. The van der Waals surface area contributed by atoms with Crippen LogP contribution in [0.2, 0.25) is 0 Å². The van der Waals surface area contributed by atoms with Crippen LogP contribution in [-0.2, 0) is 6.42 Å². The van der Waals surface area contributed by atoms with Gasteiger partial charge in [0.15, 0.2) is 0 Å². The fraction of sp³-hybridized carbons (Fsp3) is 0.529. The van der Waals surface area contributed by atoms with Gasteiger partial charge in [0.1, 0.15) is 5.75 Å². The van der Waals surface area contributed by atoms with Gasteiger partial charge in [-0.1, -0.05) is 25.1 Å². The number of benzene rings is 1. The van der Waals surface area contributed by atoms with Crippen LogP contribution in [0.15, 0.2) is 30.9 Å². The van der Waals surface area contributed by atoms with Crippen LogP contribution in [0.25, 0.3) is 0 Å². The Morgan fingerprint density at radius 1 is 1.45 bits per heavy atom. The average molecular weight is 296 g/mol. The van der Waals surface area contributed by atoms with E-state index in [1.807, 2.05) is 6.08 Å². The summed E-state index contributed by atoms with van der Waals surface area (Å²) in [6.07, 6.45) is 6.57. The number of hydrogen-bond donors (Lipinski definition) is 1.